The molecule has 1 aromatic carbocycles. The van der Waals surface area contributed by atoms with Crippen LogP contribution in [0.4, 0.5) is 17.5 Å². The van der Waals surface area contributed by atoms with Crippen LogP contribution in [0.2, 0.25) is 0 Å². The molecule has 5 heteroatoms. The van der Waals surface area contributed by atoms with Gasteiger partial charge in [-0.05, 0) is 40.8 Å². The van der Waals surface area contributed by atoms with Gasteiger partial charge < -0.3 is 10.6 Å². The Balaban J connectivity index is 1.74. The molecule has 25 heavy (non-hydrogen) atoms. The molecule has 0 amide bonds. The normalized spacial score (nSPS) is 11.2. The zero-order valence-corrected chi connectivity index (χ0v) is 14.8. The van der Waals surface area contributed by atoms with Crippen molar-refractivity contribution in [2.75, 3.05) is 10.6 Å². The van der Waals surface area contributed by atoms with Crippen molar-refractivity contribution in [3.8, 4) is 0 Å². The summed E-state index contributed by atoms with van der Waals surface area (Å²) in [5, 5.41) is 6.66. The summed E-state index contributed by atoms with van der Waals surface area (Å²) in [6.07, 6.45) is 5.32. The number of pyridine rings is 1. The lowest BCUT2D eigenvalue weighted by molar-refractivity contribution is 0.592. The maximum Gasteiger partial charge on any atom is 0.229 e. The minimum Gasteiger partial charge on any atom is -0.366 e. The van der Waals surface area contributed by atoms with Crippen molar-refractivity contribution in [3.63, 3.8) is 0 Å². The first kappa shape index (κ1) is 16.9. The third-order valence-electron chi connectivity index (χ3n) is 3.86. The Kier molecular flexibility index (Phi) is 4.93. The minimum atomic E-state index is 0.0425. The predicted molar refractivity (Wildman–Crippen MR) is 102 cm³/mol. The van der Waals surface area contributed by atoms with Crippen LogP contribution in [0.25, 0.3) is 0 Å². The van der Waals surface area contributed by atoms with Gasteiger partial charge in [-0.2, -0.15) is 4.98 Å². The van der Waals surface area contributed by atoms with E-state index in [1.165, 1.54) is 5.56 Å². The lowest BCUT2D eigenvalue weighted by Crippen LogP contribution is -2.14. The van der Waals surface area contributed by atoms with Gasteiger partial charge >= 0.3 is 0 Å². The smallest absolute Gasteiger partial charge is 0.229 e. The van der Waals surface area contributed by atoms with Crippen molar-refractivity contribution in [2.45, 2.75) is 32.7 Å². The molecule has 0 spiro atoms. The molecule has 3 aromatic rings. The average Bonchev–Trinajstić information content (AvgIpc) is 2.61. The van der Waals surface area contributed by atoms with Gasteiger partial charge in [0.2, 0.25) is 5.95 Å². The molecular formula is C20H23N5. The summed E-state index contributed by atoms with van der Waals surface area (Å²) in [6, 6.07) is 14.1. The van der Waals surface area contributed by atoms with Crippen LogP contribution in [-0.2, 0) is 12.0 Å². The van der Waals surface area contributed by atoms with Crippen LogP contribution < -0.4 is 10.6 Å². The van der Waals surface area contributed by atoms with E-state index in [-0.39, 0.29) is 5.41 Å². The molecule has 0 atom stereocenters. The largest absolute Gasteiger partial charge is 0.366 e. The predicted octanol–water partition coefficient (Wildman–Crippen LogP) is 4.52. The molecule has 0 aliphatic rings. The number of rotatable bonds is 5. The summed E-state index contributed by atoms with van der Waals surface area (Å²) in [5.74, 6) is 1.36. The summed E-state index contributed by atoms with van der Waals surface area (Å²) in [7, 11) is 0. The Morgan fingerprint density at radius 3 is 2.44 bits per heavy atom. The highest BCUT2D eigenvalue weighted by atomic mass is 15.1. The molecule has 0 bridgehead atoms. The van der Waals surface area contributed by atoms with Crippen molar-refractivity contribution in [1.82, 2.24) is 15.0 Å². The van der Waals surface area contributed by atoms with E-state index in [1.54, 1.807) is 18.6 Å². The Bertz CT molecular complexity index is 825. The van der Waals surface area contributed by atoms with Gasteiger partial charge in [0.15, 0.2) is 0 Å². The molecule has 0 saturated heterocycles. The first-order valence-corrected chi connectivity index (χ1v) is 8.35. The van der Waals surface area contributed by atoms with Gasteiger partial charge in [0, 0.05) is 30.8 Å². The number of aromatic nitrogens is 3. The maximum atomic E-state index is 4.56. The Labute approximate surface area is 148 Å². The van der Waals surface area contributed by atoms with Gasteiger partial charge in [0.05, 0.1) is 0 Å². The van der Waals surface area contributed by atoms with Crippen molar-refractivity contribution in [1.29, 1.82) is 0 Å². The highest BCUT2D eigenvalue weighted by Gasteiger charge is 2.17. The molecule has 128 valence electrons. The zero-order valence-electron chi connectivity index (χ0n) is 14.8. The molecule has 0 radical (unpaired) electrons. The Morgan fingerprint density at radius 1 is 0.920 bits per heavy atom. The standard InChI is InChI=1S/C20H23N5/c1-20(2,3)16-6-4-5-7-17(16)24-19-22-13-10-18(25-19)23-14-15-8-11-21-12-9-15/h4-13H,14H2,1-3H3,(H2,22,23,24,25). The van der Waals surface area contributed by atoms with Crippen molar-refractivity contribution < 1.29 is 0 Å². The Hall–Kier alpha value is -2.95. The van der Waals surface area contributed by atoms with Crippen LogP contribution >= 0.6 is 0 Å². The molecule has 0 aliphatic heterocycles. The summed E-state index contributed by atoms with van der Waals surface area (Å²) in [5.41, 5.74) is 3.46. The average molecular weight is 333 g/mol. The van der Waals surface area contributed by atoms with Crippen molar-refractivity contribution in [2.24, 2.45) is 0 Å². The van der Waals surface area contributed by atoms with Crippen LogP contribution in [0.5, 0.6) is 0 Å². The maximum absolute atomic E-state index is 4.56. The van der Waals surface area contributed by atoms with E-state index in [0.29, 0.717) is 12.5 Å². The number of hydrogen-bond donors (Lipinski definition) is 2. The molecule has 0 fully saturated rings. The van der Waals surface area contributed by atoms with Gasteiger partial charge in [-0.25, -0.2) is 4.98 Å². The van der Waals surface area contributed by atoms with Gasteiger partial charge in [-0.3, -0.25) is 4.98 Å². The second-order valence-corrected chi connectivity index (χ2v) is 6.90. The highest BCUT2D eigenvalue weighted by Crippen LogP contribution is 2.30. The van der Waals surface area contributed by atoms with E-state index >= 15 is 0 Å². The monoisotopic (exact) mass is 333 g/mol. The number of hydrogen-bond acceptors (Lipinski definition) is 5. The fraction of sp³-hybridized carbons (Fsp3) is 0.250. The molecule has 2 N–H and O–H groups in total. The second-order valence-electron chi connectivity index (χ2n) is 6.90. The number of benzene rings is 1. The lowest BCUT2D eigenvalue weighted by Gasteiger charge is -2.23. The van der Waals surface area contributed by atoms with Crippen LogP contribution in [0.3, 0.4) is 0 Å². The quantitative estimate of drug-likeness (QED) is 0.718. The fourth-order valence-electron chi connectivity index (χ4n) is 2.58. The number of anilines is 3. The van der Waals surface area contributed by atoms with E-state index in [2.05, 4.69) is 64.6 Å². The molecule has 0 unspecified atom stereocenters. The zero-order chi connectivity index (χ0) is 17.7. The summed E-state index contributed by atoms with van der Waals surface area (Å²) in [4.78, 5) is 12.9. The van der Waals surface area contributed by atoms with Crippen molar-refractivity contribution >= 4 is 17.5 Å². The lowest BCUT2D eigenvalue weighted by atomic mass is 9.86. The topological polar surface area (TPSA) is 62.7 Å². The van der Waals surface area contributed by atoms with Gasteiger partial charge in [0.25, 0.3) is 0 Å². The third-order valence-corrected chi connectivity index (χ3v) is 3.86. The minimum absolute atomic E-state index is 0.0425. The molecular weight excluding hydrogens is 310 g/mol. The van der Waals surface area contributed by atoms with E-state index in [4.69, 9.17) is 0 Å². The van der Waals surface area contributed by atoms with Crippen LogP contribution in [0.15, 0.2) is 61.1 Å². The van der Waals surface area contributed by atoms with Crippen LogP contribution in [0, 0.1) is 0 Å². The summed E-state index contributed by atoms with van der Waals surface area (Å²) in [6.45, 7) is 7.28. The van der Waals surface area contributed by atoms with Crippen LogP contribution in [-0.4, -0.2) is 15.0 Å². The summed E-state index contributed by atoms with van der Waals surface area (Å²) >= 11 is 0. The number of nitrogens with zero attached hydrogens (tertiary/aromatic N) is 3. The molecule has 0 saturated carbocycles. The van der Waals surface area contributed by atoms with E-state index in [9.17, 15) is 0 Å². The number of nitrogens with one attached hydrogen (secondary N) is 2. The molecule has 2 heterocycles. The Morgan fingerprint density at radius 2 is 1.68 bits per heavy atom. The summed E-state index contributed by atoms with van der Waals surface area (Å²) < 4.78 is 0. The molecule has 3 rings (SSSR count). The second kappa shape index (κ2) is 7.30. The number of para-hydroxylation sites is 1. The fourth-order valence-corrected chi connectivity index (χ4v) is 2.58. The van der Waals surface area contributed by atoms with E-state index < -0.39 is 0 Å². The first-order chi connectivity index (χ1) is 12.0. The van der Waals surface area contributed by atoms with Gasteiger partial charge in [0.1, 0.15) is 5.82 Å². The van der Waals surface area contributed by atoms with Crippen LogP contribution in [0.1, 0.15) is 31.9 Å². The molecule has 5 nitrogen and oxygen atoms in total. The van der Waals surface area contributed by atoms with Crippen molar-refractivity contribution in [3.05, 3.63) is 72.2 Å². The first-order valence-electron chi connectivity index (χ1n) is 8.35. The molecule has 0 aliphatic carbocycles. The third kappa shape index (κ3) is 4.53. The van der Waals surface area contributed by atoms with Gasteiger partial charge in [-0.1, -0.05) is 39.0 Å². The SMILES string of the molecule is CC(C)(C)c1ccccc1Nc1nccc(NCc2ccncc2)n1. The van der Waals surface area contributed by atoms with E-state index in [1.807, 2.05) is 24.3 Å². The molecule has 2 aromatic heterocycles. The van der Waals surface area contributed by atoms with Gasteiger partial charge in [-0.15, -0.1) is 0 Å². The van der Waals surface area contributed by atoms with E-state index in [0.717, 1.165) is 17.1 Å². The highest BCUT2D eigenvalue weighted by molar-refractivity contribution is 5.61.